The Morgan fingerprint density at radius 2 is 2.07 bits per heavy atom. The lowest BCUT2D eigenvalue weighted by atomic mass is 10.1. The van der Waals surface area contributed by atoms with Crippen LogP contribution in [0.4, 0.5) is 0 Å². The standard InChI is InChI=1S/C11H15NO2S/c1-9-3-5-11(6-4-9)10(2)12-7-8-15(13)14/h3-6,12H,2,7-8H2,1H3,(H,13,14). The first-order valence-electron chi connectivity index (χ1n) is 4.67. The monoisotopic (exact) mass is 225 g/mol. The van der Waals surface area contributed by atoms with Gasteiger partial charge in [0.2, 0.25) is 0 Å². The van der Waals surface area contributed by atoms with Crippen molar-refractivity contribution in [1.29, 1.82) is 0 Å². The van der Waals surface area contributed by atoms with Crippen LogP contribution in [0.25, 0.3) is 5.70 Å². The summed E-state index contributed by atoms with van der Waals surface area (Å²) in [6.07, 6.45) is 0. The molecule has 0 heterocycles. The molecule has 0 saturated carbocycles. The average Bonchev–Trinajstić information content (AvgIpc) is 2.18. The summed E-state index contributed by atoms with van der Waals surface area (Å²) >= 11 is -1.75. The van der Waals surface area contributed by atoms with Gasteiger partial charge < -0.3 is 9.87 Å². The molecular weight excluding hydrogens is 210 g/mol. The molecule has 1 unspecified atom stereocenters. The topological polar surface area (TPSA) is 49.3 Å². The summed E-state index contributed by atoms with van der Waals surface area (Å²) in [4.78, 5) is 0. The van der Waals surface area contributed by atoms with Crippen molar-refractivity contribution in [3.8, 4) is 0 Å². The molecule has 1 aromatic carbocycles. The van der Waals surface area contributed by atoms with E-state index < -0.39 is 11.1 Å². The SMILES string of the molecule is C=C(NCCS(=O)O)c1ccc(C)cc1. The van der Waals surface area contributed by atoms with Gasteiger partial charge in [-0.3, -0.25) is 0 Å². The van der Waals surface area contributed by atoms with Gasteiger partial charge in [-0.2, -0.15) is 0 Å². The predicted octanol–water partition coefficient (Wildman–Crippen LogP) is 1.78. The quantitative estimate of drug-likeness (QED) is 0.751. The fraction of sp³-hybridized carbons (Fsp3) is 0.273. The Morgan fingerprint density at radius 1 is 1.47 bits per heavy atom. The van der Waals surface area contributed by atoms with E-state index >= 15 is 0 Å². The van der Waals surface area contributed by atoms with Crippen molar-refractivity contribution in [3.63, 3.8) is 0 Å². The van der Waals surface area contributed by atoms with Crippen molar-refractivity contribution in [2.75, 3.05) is 12.3 Å². The van der Waals surface area contributed by atoms with Gasteiger partial charge in [-0.25, -0.2) is 4.21 Å². The molecule has 3 nitrogen and oxygen atoms in total. The van der Waals surface area contributed by atoms with Gasteiger partial charge in [-0.15, -0.1) is 0 Å². The Labute approximate surface area is 92.5 Å². The number of benzene rings is 1. The fourth-order valence-electron chi connectivity index (χ4n) is 1.15. The number of aryl methyl sites for hydroxylation is 1. The van der Waals surface area contributed by atoms with E-state index in [2.05, 4.69) is 11.9 Å². The normalized spacial score (nSPS) is 12.1. The van der Waals surface area contributed by atoms with Gasteiger partial charge in [0, 0.05) is 12.2 Å². The molecule has 0 radical (unpaired) electrons. The third-order valence-corrected chi connectivity index (χ3v) is 2.57. The van der Waals surface area contributed by atoms with E-state index in [-0.39, 0.29) is 5.75 Å². The lowest BCUT2D eigenvalue weighted by Gasteiger charge is -2.08. The molecule has 82 valence electrons. The molecule has 0 bridgehead atoms. The first-order chi connectivity index (χ1) is 7.09. The van der Waals surface area contributed by atoms with Gasteiger partial charge in [0.25, 0.3) is 0 Å². The second-order valence-corrected chi connectivity index (χ2v) is 4.35. The van der Waals surface area contributed by atoms with Gasteiger partial charge >= 0.3 is 0 Å². The molecule has 0 aliphatic carbocycles. The number of hydrogen-bond acceptors (Lipinski definition) is 2. The third-order valence-electron chi connectivity index (χ3n) is 2.02. The minimum absolute atomic E-state index is 0.213. The van der Waals surface area contributed by atoms with E-state index in [4.69, 9.17) is 4.55 Å². The van der Waals surface area contributed by atoms with Crippen LogP contribution in [-0.4, -0.2) is 21.1 Å². The van der Waals surface area contributed by atoms with Crippen LogP contribution in [0.5, 0.6) is 0 Å². The van der Waals surface area contributed by atoms with Crippen LogP contribution in [0.3, 0.4) is 0 Å². The number of hydrogen-bond donors (Lipinski definition) is 2. The molecule has 4 heteroatoms. The Balaban J connectivity index is 2.47. The lowest BCUT2D eigenvalue weighted by molar-refractivity contribution is 0.563. The van der Waals surface area contributed by atoms with Crippen molar-refractivity contribution >= 4 is 16.8 Å². The summed E-state index contributed by atoms with van der Waals surface area (Å²) in [5.41, 5.74) is 2.98. The second-order valence-electron chi connectivity index (χ2n) is 3.30. The maximum Gasteiger partial charge on any atom is 0.154 e. The smallest absolute Gasteiger partial charge is 0.154 e. The molecule has 2 N–H and O–H groups in total. The Bertz CT molecular complexity index is 359. The summed E-state index contributed by atoms with van der Waals surface area (Å²) in [6.45, 7) is 6.34. The molecule has 1 aromatic rings. The van der Waals surface area contributed by atoms with Crippen molar-refractivity contribution < 1.29 is 8.76 Å². The third kappa shape index (κ3) is 4.27. The minimum atomic E-state index is -1.75. The van der Waals surface area contributed by atoms with E-state index in [0.29, 0.717) is 6.54 Å². The Morgan fingerprint density at radius 3 is 2.60 bits per heavy atom. The van der Waals surface area contributed by atoms with Gasteiger partial charge in [-0.1, -0.05) is 36.4 Å². The summed E-state index contributed by atoms with van der Waals surface area (Å²) in [7, 11) is 0. The van der Waals surface area contributed by atoms with Gasteiger partial charge in [0.15, 0.2) is 11.1 Å². The average molecular weight is 225 g/mol. The van der Waals surface area contributed by atoms with Crippen LogP contribution in [-0.2, 0) is 11.1 Å². The van der Waals surface area contributed by atoms with E-state index in [1.807, 2.05) is 31.2 Å². The van der Waals surface area contributed by atoms with Gasteiger partial charge in [-0.05, 0) is 12.5 Å². The molecule has 0 fully saturated rings. The van der Waals surface area contributed by atoms with E-state index in [1.165, 1.54) is 5.56 Å². The zero-order valence-corrected chi connectivity index (χ0v) is 9.51. The van der Waals surface area contributed by atoms with E-state index in [0.717, 1.165) is 11.3 Å². The molecular formula is C11H15NO2S. The van der Waals surface area contributed by atoms with Crippen LogP contribution >= 0.6 is 0 Å². The van der Waals surface area contributed by atoms with Crippen molar-refractivity contribution in [2.24, 2.45) is 0 Å². The predicted molar refractivity (Wildman–Crippen MR) is 63.9 cm³/mol. The van der Waals surface area contributed by atoms with E-state index in [9.17, 15) is 4.21 Å². The second kappa shape index (κ2) is 5.68. The molecule has 1 atom stereocenters. The summed E-state index contributed by atoms with van der Waals surface area (Å²) < 4.78 is 19.0. The van der Waals surface area contributed by atoms with Gasteiger partial charge in [0.05, 0.1) is 5.75 Å². The maximum absolute atomic E-state index is 10.4. The molecule has 1 rings (SSSR count). The molecule has 0 aromatic heterocycles. The van der Waals surface area contributed by atoms with Crippen molar-refractivity contribution in [2.45, 2.75) is 6.92 Å². The zero-order chi connectivity index (χ0) is 11.3. The highest BCUT2D eigenvalue weighted by molar-refractivity contribution is 7.79. The Kier molecular flexibility index (Phi) is 4.52. The van der Waals surface area contributed by atoms with Crippen molar-refractivity contribution in [3.05, 3.63) is 42.0 Å². The zero-order valence-electron chi connectivity index (χ0n) is 8.69. The van der Waals surface area contributed by atoms with Crippen LogP contribution < -0.4 is 5.32 Å². The summed E-state index contributed by atoms with van der Waals surface area (Å²) in [5, 5.41) is 3.00. The molecule has 0 saturated heterocycles. The lowest BCUT2D eigenvalue weighted by Crippen LogP contribution is -2.18. The van der Waals surface area contributed by atoms with Gasteiger partial charge in [0.1, 0.15) is 0 Å². The van der Waals surface area contributed by atoms with Crippen LogP contribution in [0.1, 0.15) is 11.1 Å². The van der Waals surface area contributed by atoms with Crippen LogP contribution in [0.2, 0.25) is 0 Å². The molecule has 15 heavy (non-hydrogen) atoms. The highest BCUT2D eigenvalue weighted by atomic mass is 32.2. The minimum Gasteiger partial charge on any atom is -0.384 e. The molecule has 0 spiro atoms. The molecule has 0 aliphatic rings. The maximum atomic E-state index is 10.4. The largest absolute Gasteiger partial charge is 0.384 e. The molecule has 0 aliphatic heterocycles. The first kappa shape index (κ1) is 11.9. The number of nitrogens with one attached hydrogen (secondary N) is 1. The summed E-state index contributed by atoms with van der Waals surface area (Å²) in [6, 6.07) is 7.96. The number of rotatable bonds is 5. The first-order valence-corrected chi connectivity index (χ1v) is 5.94. The highest BCUT2D eigenvalue weighted by Gasteiger charge is 1.98. The summed E-state index contributed by atoms with van der Waals surface area (Å²) in [5.74, 6) is 0.213. The molecule has 0 amide bonds. The van der Waals surface area contributed by atoms with E-state index in [1.54, 1.807) is 0 Å². The van der Waals surface area contributed by atoms with Crippen molar-refractivity contribution in [1.82, 2.24) is 5.32 Å². The highest BCUT2D eigenvalue weighted by Crippen LogP contribution is 2.09. The fourth-order valence-corrected chi connectivity index (χ4v) is 1.42. The Hall–Kier alpha value is -1.13. The van der Waals surface area contributed by atoms with Crippen LogP contribution in [0, 0.1) is 6.92 Å². The van der Waals surface area contributed by atoms with Crippen LogP contribution in [0.15, 0.2) is 30.8 Å².